The van der Waals surface area contributed by atoms with Gasteiger partial charge in [-0.25, -0.2) is 0 Å². The Morgan fingerprint density at radius 3 is 2.63 bits per heavy atom. The number of halogens is 1. The Bertz CT molecular complexity index is 558. The van der Waals surface area contributed by atoms with Crippen molar-refractivity contribution in [3.05, 3.63) is 52.5 Å². The summed E-state index contributed by atoms with van der Waals surface area (Å²) in [5.74, 6) is 1.63. The summed E-state index contributed by atoms with van der Waals surface area (Å²) in [7, 11) is 0. The summed E-state index contributed by atoms with van der Waals surface area (Å²) >= 11 is 3.40. The van der Waals surface area contributed by atoms with Gasteiger partial charge in [0, 0.05) is 16.2 Å². The number of anilines is 1. The first kappa shape index (κ1) is 13.7. The van der Waals surface area contributed by atoms with E-state index in [0.29, 0.717) is 18.9 Å². The predicted octanol–water partition coefficient (Wildman–Crippen LogP) is 3.80. The van der Waals surface area contributed by atoms with Crippen LogP contribution in [0.15, 0.2) is 46.9 Å². The maximum absolute atomic E-state index is 5.72. The minimum atomic E-state index is 0.483. The Labute approximate surface area is 121 Å². The van der Waals surface area contributed by atoms with E-state index in [1.807, 2.05) is 49.4 Å². The molecule has 2 aromatic carbocycles. The summed E-state index contributed by atoms with van der Waals surface area (Å²) in [5, 5.41) is 0. The normalized spacial score (nSPS) is 10.2. The number of rotatable bonds is 5. The molecule has 0 spiro atoms. The summed E-state index contributed by atoms with van der Waals surface area (Å²) in [5.41, 5.74) is 7.49. The van der Waals surface area contributed by atoms with E-state index in [2.05, 4.69) is 15.9 Å². The fraction of sp³-hybridized carbons (Fsp3) is 0.200. The molecule has 0 aromatic heterocycles. The molecule has 0 radical (unpaired) electrons. The Hall–Kier alpha value is -1.68. The lowest BCUT2D eigenvalue weighted by molar-refractivity contribution is 0.216. The molecule has 0 saturated carbocycles. The molecule has 0 unspecified atom stereocenters. The molecule has 0 heterocycles. The van der Waals surface area contributed by atoms with Gasteiger partial charge in [-0.1, -0.05) is 28.1 Å². The van der Waals surface area contributed by atoms with Crippen molar-refractivity contribution in [2.24, 2.45) is 0 Å². The fourth-order valence-corrected chi connectivity index (χ4v) is 2.02. The van der Waals surface area contributed by atoms with Crippen molar-refractivity contribution in [3.8, 4) is 11.5 Å². The average molecular weight is 322 g/mol. The van der Waals surface area contributed by atoms with Crippen LogP contribution >= 0.6 is 15.9 Å². The highest BCUT2D eigenvalue weighted by Gasteiger charge is 2.00. The number of nitrogen functional groups attached to an aromatic ring is 1. The average Bonchev–Trinajstić information content (AvgIpc) is 2.39. The summed E-state index contributed by atoms with van der Waals surface area (Å²) in [6.07, 6.45) is 0. The standard InChI is InChI=1S/C15H16BrNO2/c1-11-5-6-13(17)10-15(11)19-8-7-18-14-4-2-3-12(16)9-14/h2-6,9-10H,7-8,17H2,1H3. The molecule has 4 heteroatoms. The molecule has 0 fully saturated rings. The number of hydrogen-bond acceptors (Lipinski definition) is 3. The van der Waals surface area contributed by atoms with Gasteiger partial charge < -0.3 is 15.2 Å². The van der Waals surface area contributed by atoms with Crippen LogP contribution in [0.25, 0.3) is 0 Å². The molecule has 0 aliphatic carbocycles. The first-order valence-electron chi connectivity index (χ1n) is 6.02. The van der Waals surface area contributed by atoms with Gasteiger partial charge in [0.05, 0.1) is 0 Å². The zero-order valence-corrected chi connectivity index (χ0v) is 12.3. The number of aryl methyl sites for hydroxylation is 1. The number of hydrogen-bond donors (Lipinski definition) is 1. The van der Waals surface area contributed by atoms with Gasteiger partial charge in [0.15, 0.2) is 0 Å². The smallest absolute Gasteiger partial charge is 0.124 e. The highest BCUT2D eigenvalue weighted by Crippen LogP contribution is 2.21. The van der Waals surface area contributed by atoms with Gasteiger partial charge in [0.1, 0.15) is 24.7 Å². The van der Waals surface area contributed by atoms with E-state index >= 15 is 0 Å². The lowest BCUT2D eigenvalue weighted by Gasteiger charge is -2.11. The van der Waals surface area contributed by atoms with E-state index < -0.39 is 0 Å². The summed E-state index contributed by atoms with van der Waals surface area (Å²) in [4.78, 5) is 0. The molecule has 19 heavy (non-hydrogen) atoms. The van der Waals surface area contributed by atoms with Crippen LogP contribution in [0.2, 0.25) is 0 Å². The molecular formula is C15H16BrNO2. The van der Waals surface area contributed by atoms with Gasteiger partial charge in [-0.2, -0.15) is 0 Å². The molecular weight excluding hydrogens is 306 g/mol. The van der Waals surface area contributed by atoms with Crippen LogP contribution in [0.1, 0.15) is 5.56 Å². The summed E-state index contributed by atoms with van der Waals surface area (Å²) < 4.78 is 12.2. The Morgan fingerprint density at radius 2 is 1.84 bits per heavy atom. The largest absolute Gasteiger partial charge is 0.490 e. The highest BCUT2D eigenvalue weighted by atomic mass is 79.9. The Kier molecular flexibility index (Phi) is 4.68. The zero-order valence-electron chi connectivity index (χ0n) is 10.7. The fourth-order valence-electron chi connectivity index (χ4n) is 1.64. The van der Waals surface area contributed by atoms with E-state index in [-0.39, 0.29) is 0 Å². The maximum Gasteiger partial charge on any atom is 0.124 e. The SMILES string of the molecule is Cc1ccc(N)cc1OCCOc1cccc(Br)c1. The topological polar surface area (TPSA) is 44.5 Å². The molecule has 100 valence electrons. The number of nitrogens with two attached hydrogens (primary N) is 1. The van der Waals surface area contributed by atoms with Crippen LogP contribution in [-0.4, -0.2) is 13.2 Å². The zero-order chi connectivity index (χ0) is 13.7. The van der Waals surface area contributed by atoms with Crippen molar-refractivity contribution >= 4 is 21.6 Å². The van der Waals surface area contributed by atoms with Crippen LogP contribution < -0.4 is 15.2 Å². The molecule has 2 N–H and O–H groups in total. The molecule has 2 rings (SSSR count). The minimum Gasteiger partial charge on any atom is -0.490 e. The maximum atomic E-state index is 5.72. The lowest BCUT2D eigenvalue weighted by atomic mass is 10.2. The van der Waals surface area contributed by atoms with E-state index in [4.69, 9.17) is 15.2 Å². The molecule has 0 aliphatic rings. The van der Waals surface area contributed by atoms with Crippen LogP contribution in [0.3, 0.4) is 0 Å². The van der Waals surface area contributed by atoms with Crippen LogP contribution in [0.4, 0.5) is 5.69 Å². The van der Waals surface area contributed by atoms with Crippen molar-refractivity contribution in [1.82, 2.24) is 0 Å². The molecule has 0 aliphatic heterocycles. The first-order chi connectivity index (χ1) is 9.15. The van der Waals surface area contributed by atoms with Crippen molar-refractivity contribution in [1.29, 1.82) is 0 Å². The van der Waals surface area contributed by atoms with Crippen LogP contribution in [0.5, 0.6) is 11.5 Å². The second kappa shape index (κ2) is 6.48. The van der Waals surface area contributed by atoms with Crippen molar-refractivity contribution < 1.29 is 9.47 Å². The lowest BCUT2D eigenvalue weighted by Crippen LogP contribution is -2.09. The van der Waals surface area contributed by atoms with Gasteiger partial charge in [-0.05, 0) is 36.8 Å². The van der Waals surface area contributed by atoms with Crippen molar-refractivity contribution in [3.63, 3.8) is 0 Å². The van der Waals surface area contributed by atoms with Gasteiger partial charge in [0.2, 0.25) is 0 Å². The van der Waals surface area contributed by atoms with E-state index in [0.717, 1.165) is 21.5 Å². The third kappa shape index (κ3) is 4.17. The summed E-state index contributed by atoms with van der Waals surface area (Å²) in [6.45, 7) is 2.96. The second-order valence-corrected chi connectivity index (χ2v) is 5.09. The minimum absolute atomic E-state index is 0.483. The number of benzene rings is 2. The molecule has 3 nitrogen and oxygen atoms in total. The first-order valence-corrected chi connectivity index (χ1v) is 6.82. The third-order valence-electron chi connectivity index (χ3n) is 2.62. The number of ether oxygens (including phenoxy) is 2. The van der Waals surface area contributed by atoms with Crippen molar-refractivity contribution in [2.75, 3.05) is 18.9 Å². The molecule has 0 amide bonds. The second-order valence-electron chi connectivity index (χ2n) is 4.18. The van der Waals surface area contributed by atoms with Crippen molar-refractivity contribution in [2.45, 2.75) is 6.92 Å². The molecule has 0 atom stereocenters. The van der Waals surface area contributed by atoms with E-state index in [1.165, 1.54) is 0 Å². The van der Waals surface area contributed by atoms with Gasteiger partial charge >= 0.3 is 0 Å². The Balaban J connectivity index is 1.82. The Morgan fingerprint density at radius 1 is 1.05 bits per heavy atom. The van der Waals surface area contributed by atoms with Gasteiger partial charge in [-0.3, -0.25) is 0 Å². The molecule has 0 saturated heterocycles. The van der Waals surface area contributed by atoms with Gasteiger partial charge in [-0.15, -0.1) is 0 Å². The highest BCUT2D eigenvalue weighted by molar-refractivity contribution is 9.10. The molecule has 2 aromatic rings. The van der Waals surface area contributed by atoms with Gasteiger partial charge in [0.25, 0.3) is 0 Å². The quantitative estimate of drug-likeness (QED) is 0.673. The monoisotopic (exact) mass is 321 g/mol. The van der Waals surface area contributed by atoms with E-state index in [1.54, 1.807) is 0 Å². The van der Waals surface area contributed by atoms with Crippen LogP contribution in [-0.2, 0) is 0 Å². The van der Waals surface area contributed by atoms with Crippen LogP contribution in [0, 0.1) is 6.92 Å². The third-order valence-corrected chi connectivity index (χ3v) is 3.11. The molecule has 0 bridgehead atoms. The van der Waals surface area contributed by atoms with E-state index in [9.17, 15) is 0 Å². The predicted molar refractivity (Wildman–Crippen MR) is 80.7 cm³/mol. The summed E-state index contributed by atoms with van der Waals surface area (Å²) in [6, 6.07) is 13.4.